The summed E-state index contributed by atoms with van der Waals surface area (Å²) in [6.45, 7) is 6.79. The topological polar surface area (TPSA) is 12.0 Å². The summed E-state index contributed by atoms with van der Waals surface area (Å²) in [5, 5.41) is 5.99. The van der Waals surface area contributed by atoms with Crippen LogP contribution in [0.3, 0.4) is 0 Å². The Morgan fingerprint density at radius 3 is 2.22 bits per heavy atom. The summed E-state index contributed by atoms with van der Waals surface area (Å²) in [4.78, 5) is 0. The molecular weight excluding hydrogens is 286 g/mol. The normalized spacial score (nSPS) is 13.8. The Balaban J connectivity index is 2.49. The molecule has 0 aliphatic heterocycles. The van der Waals surface area contributed by atoms with Crippen LogP contribution in [0, 0.1) is 5.41 Å². The fraction of sp³-hybridized carbons (Fsp3) is 0.375. The molecular formula is C16H20BrN. The van der Waals surface area contributed by atoms with Gasteiger partial charge in [-0.1, -0.05) is 54.9 Å². The smallest absolute Gasteiger partial charge is 0.0366 e. The highest BCUT2D eigenvalue weighted by atomic mass is 79.9. The van der Waals surface area contributed by atoms with Crippen LogP contribution in [0.1, 0.15) is 32.4 Å². The molecule has 0 saturated heterocycles. The first-order chi connectivity index (χ1) is 8.41. The highest BCUT2D eigenvalue weighted by molar-refractivity contribution is 9.10. The van der Waals surface area contributed by atoms with E-state index < -0.39 is 0 Å². The maximum atomic E-state index is 3.51. The molecule has 0 spiro atoms. The van der Waals surface area contributed by atoms with Gasteiger partial charge < -0.3 is 5.32 Å². The summed E-state index contributed by atoms with van der Waals surface area (Å²) in [5.74, 6) is 0. The predicted octanol–water partition coefficient (Wildman–Crippen LogP) is 4.91. The molecule has 96 valence electrons. The van der Waals surface area contributed by atoms with Gasteiger partial charge in [-0.2, -0.15) is 0 Å². The van der Waals surface area contributed by atoms with E-state index in [4.69, 9.17) is 0 Å². The SMILES string of the molecule is CNC(c1ccc2cc(Br)ccc2c1)C(C)(C)C. The monoisotopic (exact) mass is 305 g/mol. The van der Waals surface area contributed by atoms with Crippen LogP contribution in [0.15, 0.2) is 40.9 Å². The van der Waals surface area contributed by atoms with Crippen LogP contribution in [0.25, 0.3) is 10.8 Å². The van der Waals surface area contributed by atoms with Crippen LogP contribution in [0.2, 0.25) is 0 Å². The van der Waals surface area contributed by atoms with E-state index in [-0.39, 0.29) is 5.41 Å². The molecule has 0 heterocycles. The highest BCUT2D eigenvalue weighted by Gasteiger charge is 2.24. The molecule has 1 unspecified atom stereocenters. The molecule has 0 aliphatic rings. The summed E-state index contributed by atoms with van der Waals surface area (Å²) in [6, 6.07) is 13.5. The van der Waals surface area contributed by atoms with Crippen molar-refractivity contribution in [3.8, 4) is 0 Å². The maximum absolute atomic E-state index is 3.51. The predicted molar refractivity (Wildman–Crippen MR) is 82.9 cm³/mol. The van der Waals surface area contributed by atoms with Gasteiger partial charge in [-0.25, -0.2) is 0 Å². The lowest BCUT2D eigenvalue weighted by Gasteiger charge is -2.31. The standard InChI is InChI=1S/C16H20BrN/c1-16(2,3)15(18-4)13-6-5-12-10-14(17)8-7-11(12)9-13/h5-10,15,18H,1-4H3. The number of rotatable bonds is 2. The van der Waals surface area contributed by atoms with Gasteiger partial charge in [0.2, 0.25) is 0 Å². The van der Waals surface area contributed by atoms with E-state index in [0.29, 0.717) is 6.04 Å². The molecule has 18 heavy (non-hydrogen) atoms. The number of fused-ring (bicyclic) bond motifs is 1. The first-order valence-electron chi connectivity index (χ1n) is 6.28. The van der Waals surface area contributed by atoms with Gasteiger partial charge in [0, 0.05) is 10.5 Å². The molecule has 2 aromatic carbocycles. The van der Waals surface area contributed by atoms with Gasteiger partial charge in [-0.15, -0.1) is 0 Å². The van der Waals surface area contributed by atoms with E-state index in [2.05, 4.69) is 78.4 Å². The van der Waals surface area contributed by atoms with Crippen molar-refractivity contribution in [2.75, 3.05) is 7.05 Å². The first kappa shape index (κ1) is 13.6. The van der Waals surface area contributed by atoms with E-state index in [1.165, 1.54) is 16.3 Å². The van der Waals surface area contributed by atoms with Crippen molar-refractivity contribution in [1.82, 2.24) is 5.32 Å². The summed E-state index contributed by atoms with van der Waals surface area (Å²) in [6.07, 6.45) is 0. The lowest BCUT2D eigenvalue weighted by atomic mass is 9.82. The molecule has 0 amide bonds. The van der Waals surface area contributed by atoms with E-state index in [1.54, 1.807) is 0 Å². The third kappa shape index (κ3) is 2.76. The minimum absolute atomic E-state index is 0.206. The van der Waals surface area contributed by atoms with Crippen molar-refractivity contribution in [3.05, 3.63) is 46.4 Å². The van der Waals surface area contributed by atoms with Crippen molar-refractivity contribution >= 4 is 26.7 Å². The Kier molecular flexibility index (Phi) is 3.79. The fourth-order valence-corrected chi connectivity index (χ4v) is 2.89. The van der Waals surface area contributed by atoms with Gasteiger partial charge in [-0.3, -0.25) is 0 Å². The Labute approximate surface area is 118 Å². The van der Waals surface area contributed by atoms with Crippen molar-refractivity contribution < 1.29 is 0 Å². The largest absolute Gasteiger partial charge is 0.313 e. The number of hydrogen-bond acceptors (Lipinski definition) is 1. The van der Waals surface area contributed by atoms with Crippen LogP contribution in [0.5, 0.6) is 0 Å². The van der Waals surface area contributed by atoms with Crippen LogP contribution in [-0.4, -0.2) is 7.05 Å². The molecule has 0 aliphatic carbocycles. The average Bonchev–Trinajstić information content (AvgIpc) is 2.28. The second-order valence-electron chi connectivity index (χ2n) is 5.84. The van der Waals surface area contributed by atoms with E-state index >= 15 is 0 Å². The number of nitrogens with one attached hydrogen (secondary N) is 1. The fourth-order valence-electron chi connectivity index (χ4n) is 2.51. The van der Waals surface area contributed by atoms with Crippen LogP contribution < -0.4 is 5.32 Å². The van der Waals surface area contributed by atoms with Crippen molar-refractivity contribution in [2.45, 2.75) is 26.8 Å². The Morgan fingerprint density at radius 2 is 1.61 bits per heavy atom. The van der Waals surface area contributed by atoms with Gasteiger partial charge in [0.15, 0.2) is 0 Å². The quantitative estimate of drug-likeness (QED) is 0.831. The zero-order valence-corrected chi connectivity index (χ0v) is 13.0. The first-order valence-corrected chi connectivity index (χ1v) is 7.07. The van der Waals surface area contributed by atoms with Gasteiger partial charge in [-0.05, 0) is 47.0 Å². The van der Waals surface area contributed by atoms with Crippen molar-refractivity contribution in [2.24, 2.45) is 5.41 Å². The van der Waals surface area contributed by atoms with Gasteiger partial charge in [0.25, 0.3) is 0 Å². The summed E-state index contributed by atoms with van der Waals surface area (Å²) in [5.41, 5.74) is 1.55. The van der Waals surface area contributed by atoms with E-state index in [1.807, 2.05) is 7.05 Å². The molecule has 1 atom stereocenters. The number of benzene rings is 2. The molecule has 2 aromatic rings. The van der Waals surface area contributed by atoms with E-state index in [9.17, 15) is 0 Å². The average molecular weight is 306 g/mol. The summed E-state index contributed by atoms with van der Waals surface area (Å²) >= 11 is 3.51. The molecule has 0 aromatic heterocycles. The van der Waals surface area contributed by atoms with Crippen LogP contribution in [0.4, 0.5) is 0 Å². The minimum atomic E-state index is 0.206. The molecule has 0 radical (unpaired) electrons. The third-order valence-electron chi connectivity index (χ3n) is 3.31. The van der Waals surface area contributed by atoms with Crippen molar-refractivity contribution in [1.29, 1.82) is 0 Å². The number of halogens is 1. The summed E-state index contributed by atoms with van der Waals surface area (Å²) in [7, 11) is 2.03. The highest BCUT2D eigenvalue weighted by Crippen LogP contribution is 2.34. The van der Waals surface area contributed by atoms with Crippen LogP contribution in [-0.2, 0) is 0 Å². The molecule has 0 bridgehead atoms. The zero-order chi connectivity index (χ0) is 13.3. The van der Waals surface area contributed by atoms with Gasteiger partial charge in [0.05, 0.1) is 0 Å². The Morgan fingerprint density at radius 1 is 1.00 bits per heavy atom. The van der Waals surface area contributed by atoms with Crippen LogP contribution >= 0.6 is 15.9 Å². The third-order valence-corrected chi connectivity index (χ3v) is 3.81. The lowest BCUT2D eigenvalue weighted by Crippen LogP contribution is -2.29. The Hall–Kier alpha value is -0.860. The maximum Gasteiger partial charge on any atom is 0.0366 e. The second kappa shape index (κ2) is 5.02. The Bertz CT molecular complexity index is 555. The molecule has 2 rings (SSSR count). The molecule has 2 heteroatoms. The van der Waals surface area contributed by atoms with E-state index in [0.717, 1.165) is 4.47 Å². The molecule has 0 saturated carbocycles. The van der Waals surface area contributed by atoms with Gasteiger partial charge in [0.1, 0.15) is 0 Å². The lowest BCUT2D eigenvalue weighted by molar-refractivity contribution is 0.287. The molecule has 1 nitrogen and oxygen atoms in total. The van der Waals surface area contributed by atoms with Gasteiger partial charge >= 0.3 is 0 Å². The zero-order valence-electron chi connectivity index (χ0n) is 11.4. The minimum Gasteiger partial charge on any atom is -0.313 e. The summed E-state index contributed by atoms with van der Waals surface area (Å²) < 4.78 is 1.13. The van der Waals surface area contributed by atoms with Crippen molar-refractivity contribution in [3.63, 3.8) is 0 Å². The molecule has 1 N–H and O–H groups in total. The number of hydrogen-bond donors (Lipinski definition) is 1. The molecule has 0 fully saturated rings. The second-order valence-corrected chi connectivity index (χ2v) is 6.75.